The van der Waals surface area contributed by atoms with Gasteiger partial charge in [0.2, 0.25) is 5.91 Å². The predicted molar refractivity (Wildman–Crippen MR) is 128 cm³/mol. The highest BCUT2D eigenvalue weighted by Gasteiger charge is 2.36. The van der Waals surface area contributed by atoms with Gasteiger partial charge in [0, 0.05) is 37.7 Å². The van der Waals surface area contributed by atoms with E-state index in [1.807, 2.05) is 72.8 Å². The van der Waals surface area contributed by atoms with E-state index in [9.17, 15) is 4.79 Å². The average molecular weight is 450 g/mol. The second-order valence-electron chi connectivity index (χ2n) is 8.03. The summed E-state index contributed by atoms with van der Waals surface area (Å²) in [6.45, 7) is 2.14. The Kier molecular flexibility index (Phi) is 7.43. The zero-order valence-electron chi connectivity index (χ0n) is 18.1. The second kappa shape index (κ2) is 10.6. The van der Waals surface area contributed by atoms with Crippen molar-refractivity contribution < 1.29 is 9.53 Å². The molecular weight excluding hydrogens is 422 g/mol. The third-order valence-corrected chi connectivity index (χ3v) is 6.12. The highest BCUT2D eigenvalue weighted by Crippen LogP contribution is 2.25. The standard InChI is InChI=1S/C26H28ClN3O2/c1-28-26(31)25-15-21(18-30(25)17-20-9-5-6-13-24(20)27)29-16-19-8-7-12-23(14-19)32-22-10-3-2-4-11-22/h2-14,21,25,29H,15-18H2,1H3,(H,28,31)/t21-,25+/m1/s1. The van der Waals surface area contributed by atoms with Crippen LogP contribution >= 0.6 is 11.6 Å². The van der Waals surface area contributed by atoms with Crippen LogP contribution in [-0.4, -0.2) is 36.5 Å². The SMILES string of the molecule is CNC(=O)[C@@H]1C[C@@H](NCc2cccc(Oc3ccccc3)c2)CN1Cc1ccccc1Cl. The van der Waals surface area contributed by atoms with Crippen molar-refractivity contribution in [2.24, 2.45) is 0 Å². The van der Waals surface area contributed by atoms with Crippen molar-refractivity contribution in [2.45, 2.75) is 31.6 Å². The van der Waals surface area contributed by atoms with Gasteiger partial charge in [0.15, 0.2) is 0 Å². The lowest BCUT2D eigenvalue weighted by molar-refractivity contribution is -0.125. The predicted octanol–water partition coefficient (Wildman–Crippen LogP) is 4.61. The molecule has 1 amide bonds. The van der Waals surface area contributed by atoms with E-state index in [-0.39, 0.29) is 18.0 Å². The Morgan fingerprint density at radius 1 is 1.03 bits per heavy atom. The van der Waals surface area contributed by atoms with Crippen molar-refractivity contribution in [3.63, 3.8) is 0 Å². The summed E-state index contributed by atoms with van der Waals surface area (Å²) in [5.74, 6) is 1.67. The third-order valence-electron chi connectivity index (χ3n) is 5.76. The molecule has 0 unspecified atom stereocenters. The monoisotopic (exact) mass is 449 g/mol. The number of nitrogens with one attached hydrogen (secondary N) is 2. The van der Waals surface area contributed by atoms with Gasteiger partial charge in [-0.05, 0) is 47.9 Å². The number of carbonyl (C=O) groups excluding carboxylic acids is 1. The first-order valence-electron chi connectivity index (χ1n) is 10.9. The summed E-state index contributed by atoms with van der Waals surface area (Å²) in [7, 11) is 1.69. The average Bonchev–Trinajstić information content (AvgIpc) is 3.22. The van der Waals surface area contributed by atoms with Gasteiger partial charge in [0.05, 0.1) is 6.04 Å². The first kappa shape index (κ1) is 22.3. The first-order chi connectivity index (χ1) is 15.6. The van der Waals surface area contributed by atoms with Crippen molar-refractivity contribution >= 4 is 17.5 Å². The van der Waals surface area contributed by atoms with Crippen LogP contribution in [0.15, 0.2) is 78.9 Å². The maximum atomic E-state index is 12.5. The van der Waals surface area contributed by atoms with Gasteiger partial charge in [0.1, 0.15) is 11.5 Å². The Hall–Kier alpha value is -2.86. The fraction of sp³-hybridized carbons (Fsp3) is 0.269. The Bertz CT molecular complexity index is 1040. The van der Waals surface area contributed by atoms with Crippen molar-refractivity contribution in [1.82, 2.24) is 15.5 Å². The number of para-hydroxylation sites is 1. The van der Waals surface area contributed by atoms with Crippen molar-refractivity contribution in [3.05, 3.63) is 95.0 Å². The topological polar surface area (TPSA) is 53.6 Å². The van der Waals surface area contributed by atoms with E-state index in [1.54, 1.807) is 7.05 Å². The van der Waals surface area contributed by atoms with Crippen LogP contribution in [0, 0.1) is 0 Å². The number of hydrogen-bond acceptors (Lipinski definition) is 4. The molecule has 0 aliphatic carbocycles. The largest absolute Gasteiger partial charge is 0.457 e. The van der Waals surface area contributed by atoms with Gasteiger partial charge in [0.25, 0.3) is 0 Å². The van der Waals surface area contributed by atoms with Crippen LogP contribution in [0.4, 0.5) is 0 Å². The van der Waals surface area contributed by atoms with Crippen LogP contribution in [0.5, 0.6) is 11.5 Å². The van der Waals surface area contributed by atoms with Gasteiger partial charge in [-0.1, -0.05) is 60.1 Å². The lowest BCUT2D eigenvalue weighted by Gasteiger charge is -2.23. The van der Waals surface area contributed by atoms with E-state index in [1.165, 1.54) is 0 Å². The molecule has 1 aliphatic heterocycles. The molecule has 1 aliphatic rings. The summed E-state index contributed by atoms with van der Waals surface area (Å²) in [5.41, 5.74) is 2.17. The molecule has 1 heterocycles. The van der Waals surface area contributed by atoms with E-state index in [0.717, 1.165) is 40.6 Å². The minimum absolute atomic E-state index is 0.0413. The fourth-order valence-corrected chi connectivity index (χ4v) is 4.31. The number of carbonyl (C=O) groups is 1. The van der Waals surface area contributed by atoms with Gasteiger partial charge in [-0.3, -0.25) is 9.69 Å². The van der Waals surface area contributed by atoms with E-state index >= 15 is 0 Å². The zero-order chi connectivity index (χ0) is 22.3. The van der Waals surface area contributed by atoms with Gasteiger partial charge >= 0.3 is 0 Å². The summed E-state index contributed by atoms with van der Waals surface area (Å²) in [4.78, 5) is 14.7. The molecule has 3 aromatic rings. The molecular formula is C26H28ClN3O2. The van der Waals surface area contributed by atoms with Crippen LogP contribution < -0.4 is 15.4 Å². The van der Waals surface area contributed by atoms with Crippen LogP contribution in [0.2, 0.25) is 5.02 Å². The van der Waals surface area contributed by atoms with Crippen molar-refractivity contribution in [1.29, 1.82) is 0 Å². The minimum Gasteiger partial charge on any atom is -0.457 e. The van der Waals surface area contributed by atoms with Gasteiger partial charge in [-0.2, -0.15) is 0 Å². The highest BCUT2D eigenvalue weighted by molar-refractivity contribution is 6.31. The Morgan fingerprint density at radius 2 is 1.78 bits per heavy atom. The number of likely N-dealkylation sites (N-methyl/N-ethyl adjacent to an activating group) is 1. The number of nitrogens with zero attached hydrogens (tertiary/aromatic N) is 1. The molecule has 4 rings (SSSR count). The summed E-state index contributed by atoms with van der Waals surface area (Å²) < 4.78 is 5.95. The van der Waals surface area contributed by atoms with Crippen LogP contribution in [-0.2, 0) is 17.9 Å². The molecule has 3 aromatic carbocycles. The number of rotatable bonds is 8. The van der Waals surface area contributed by atoms with Crippen molar-refractivity contribution in [3.8, 4) is 11.5 Å². The summed E-state index contributed by atoms with van der Waals surface area (Å²) >= 11 is 6.36. The normalized spacial score (nSPS) is 18.4. The molecule has 5 nitrogen and oxygen atoms in total. The Balaban J connectivity index is 1.38. The molecule has 0 bridgehead atoms. The zero-order valence-corrected chi connectivity index (χ0v) is 18.9. The minimum atomic E-state index is -0.179. The van der Waals surface area contributed by atoms with Gasteiger partial charge in [-0.25, -0.2) is 0 Å². The number of hydrogen-bond donors (Lipinski definition) is 2. The number of amides is 1. The molecule has 0 saturated carbocycles. The summed E-state index contributed by atoms with van der Waals surface area (Å²) in [6.07, 6.45) is 0.754. The molecule has 2 atom stereocenters. The summed E-state index contributed by atoms with van der Waals surface area (Å²) in [5, 5.41) is 7.15. The highest BCUT2D eigenvalue weighted by atomic mass is 35.5. The summed E-state index contributed by atoms with van der Waals surface area (Å²) in [6, 6.07) is 25.7. The Morgan fingerprint density at radius 3 is 2.56 bits per heavy atom. The van der Waals surface area contributed by atoms with Crippen LogP contribution in [0.3, 0.4) is 0 Å². The molecule has 32 heavy (non-hydrogen) atoms. The smallest absolute Gasteiger partial charge is 0.237 e. The number of likely N-dealkylation sites (tertiary alicyclic amines) is 1. The number of benzene rings is 3. The first-order valence-corrected chi connectivity index (χ1v) is 11.2. The number of ether oxygens (including phenoxy) is 1. The van der Waals surface area contributed by atoms with E-state index in [2.05, 4.69) is 21.6 Å². The van der Waals surface area contributed by atoms with E-state index in [0.29, 0.717) is 13.1 Å². The van der Waals surface area contributed by atoms with E-state index in [4.69, 9.17) is 16.3 Å². The molecule has 0 aromatic heterocycles. The molecule has 1 fully saturated rings. The third kappa shape index (κ3) is 5.68. The number of halogens is 1. The molecule has 6 heteroatoms. The van der Waals surface area contributed by atoms with Crippen LogP contribution in [0.1, 0.15) is 17.5 Å². The van der Waals surface area contributed by atoms with Gasteiger partial charge < -0.3 is 15.4 Å². The van der Waals surface area contributed by atoms with Crippen LogP contribution in [0.25, 0.3) is 0 Å². The van der Waals surface area contributed by atoms with E-state index < -0.39 is 0 Å². The molecule has 1 saturated heterocycles. The van der Waals surface area contributed by atoms with Gasteiger partial charge in [-0.15, -0.1) is 0 Å². The quantitative estimate of drug-likeness (QED) is 0.527. The molecule has 0 spiro atoms. The lowest BCUT2D eigenvalue weighted by Crippen LogP contribution is -2.41. The maximum Gasteiger partial charge on any atom is 0.237 e. The molecule has 0 radical (unpaired) electrons. The molecule has 166 valence electrons. The Labute approximate surface area is 194 Å². The van der Waals surface area contributed by atoms with Crippen molar-refractivity contribution in [2.75, 3.05) is 13.6 Å². The maximum absolute atomic E-state index is 12.5. The lowest BCUT2D eigenvalue weighted by atomic mass is 10.1. The molecule has 2 N–H and O–H groups in total. The second-order valence-corrected chi connectivity index (χ2v) is 8.43. The fourth-order valence-electron chi connectivity index (χ4n) is 4.12.